The van der Waals surface area contributed by atoms with Gasteiger partial charge in [0.25, 0.3) is 0 Å². The molecule has 0 bridgehead atoms. The molecule has 1 atom stereocenters. The molecule has 1 aromatic carbocycles. The molecule has 0 amide bonds. The highest BCUT2D eigenvalue weighted by Gasteiger charge is 2.16. The lowest BCUT2D eigenvalue weighted by Crippen LogP contribution is -2.02. The first-order valence-electron chi connectivity index (χ1n) is 5.43. The maximum Gasteiger partial charge on any atom is 0.0639 e. The van der Waals surface area contributed by atoms with Crippen LogP contribution < -0.4 is 0 Å². The van der Waals surface area contributed by atoms with Crippen molar-refractivity contribution in [1.29, 1.82) is 0 Å². The van der Waals surface area contributed by atoms with E-state index in [0.29, 0.717) is 0 Å². The van der Waals surface area contributed by atoms with Gasteiger partial charge in [0.1, 0.15) is 0 Å². The van der Waals surface area contributed by atoms with Gasteiger partial charge in [-0.3, -0.25) is 4.99 Å². The van der Waals surface area contributed by atoms with Gasteiger partial charge in [0.15, 0.2) is 0 Å². The van der Waals surface area contributed by atoms with E-state index in [0.717, 1.165) is 12.5 Å². The Morgan fingerprint density at radius 3 is 2.71 bits per heavy atom. The van der Waals surface area contributed by atoms with Crippen LogP contribution >= 0.6 is 0 Å². The summed E-state index contributed by atoms with van der Waals surface area (Å²) in [5.41, 5.74) is 2.74. The first-order valence-corrected chi connectivity index (χ1v) is 5.43. The van der Waals surface area contributed by atoms with Crippen molar-refractivity contribution in [1.82, 2.24) is 0 Å². The fourth-order valence-corrected chi connectivity index (χ4v) is 2.01. The molecular formula is C13H17N. The Morgan fingerprint density at radius 1 is 1.29 bits per heavy atom. The Balaban J connectivity index is 1.99. The van der Waals surface area contributed by atoms with Crippen LogP contribution in [0, 0.1) is 5.92 Å². The van der Waals surface area contributed by atoms with E-state index in [9.17, 15) is 0 Å². The number of hydrogen-bond acceptors (Lipinski definition) is 1. The predicted octanol–water partition coefficient (Wildman–Crippen LogP) is 3.45. The Labute approximate surface area is 85.9 Å². The first kappa shape index (κ1) is 9.45. The molecule has 1 aliphatic rings. The maximum absolute atomic E-state index is 4.69. The molecule has 0 heterocycles. The van der Waals surface area contributed by atoms with Crippen LogP contribution in [-0.2, 0) is 6.54 Å². The summed E-state index contributed by atoms with van der Waals surface area (Å²) in [6.45, 7) is 3.15. The van der Waals surface area contributed by atoms with Crippen LogP contribution in [0.5, 0.6) is 0 Å². The Bertz CT molecular complexity index is 313. The monoisotopic (exact) mass is 187 g/mol. The standard InChI is InChI=1S/C13H17N/c1-11-6-5-9-13(11)14-10-12-7-3-2-4-8-12/h2-4,7-8,11H,5-6,9-10H2,1H3. The zero-order valence-corrected chi connectivity index (χ0v) is 8.74. The maximum atomic E-state index is 4.69. The summed E-state index contributed by atoms with van der Waals surface area (Å²) in [7, 11) is 0. The quantitative estimate of drug-likeness (QED) is 0.672. The van der Waals surface area contributed by atoms with Crippen LogP contribution in [-0.4, -0.2) is 5.71 Å². The van der Waals surface area contributed by atoms with Crippen molar-refractivity contribution in [2.45, 2.75) is 32.7 Å². The van der Waals surface area contributed by atoms with Gasteiger partial charge in [-0.2, -0.15) is 0 Å². The predicted molar refractivity (Wildman–Crippen MR) is 60.6 cm³/mol. The van der Waals surface area contributed by atoms with Crippen molar-refractivity contribution < 1.29 is 0 Å². The molecule has 0 aromatic heterocycles. The average molecular weight is 187 g/mol. The van der Waals surface area contributed by atoms with Crippen LogP contribution in [0.2, 0.25) is 0 Å². The minimum atomic E-state index is 0.721. The summed E-state index contributed by atoms with van der Waals surface area (Å²) in [6.07, 6.45) is 3.87. The smallest absolute Gasteiger partial charge is 0.0639 e. The van der Waals surface area contributed by atoms with Crippen molar-refractivity contribution in [2.75, 3.05) is 0 Å². The zero-order valence-electron chi connectivity index (χ0n) is 8.74. The summed E-state index contributed by atoms with van der Waals surface area (Å²) >= 11 is 0. The molecule has 0 saturated heterocycles. The summed E-state index contributed by atoms with van der Waals surface area (Å²) in [5.74, 6) is 0.721. The topological polar surface area (TPSA) is 12.4 Å². The Morgan fingerprint density at radius 2 is 2.07 bits per heavy atom. The molecule has 1 unspecified atom stereocenters. The summed E-state index contributed by atoms with van der Waals surface area (Å²) in [6, 6.07) is 10.5. The van der Waals surface area contributed by atoms with Crippen molar-refractivity contribution >= 4 is 5.71 Å². The molecule has 0 spiro atoms. The number of hydrogen-bond donors (Lipinski definition) is 0. The van der Waals surface area contributed by atoms with Gasteiger partial charge in [-0.05, 0) is 30.7 Å². The van der Waals surface area contributed by atoms with Crippen molar-refractivity contribution in [3.8, 4) is 0 Å². The van der Waals surface area contributed by atoms with Crippen LogP contribution in [0.25, 0.3) is 0 Å². The second kappa shape index (κ2) is 4.41. The minimum Gasteiger partial charge on any atom is -0.289 e. The molecule has 1 nitrogen and oxygen atoms in total. The Hall–Kier alpha value is -1.11. The highest BCUT2D eigenvalue weighted by molar-refractivity contribution is 5.88. The van der Waals surface area contributed by atoms with Crippen molar-refractivity contribution in [3.05, 3.63) is 35.9 Å². The van der Waals surface area contributed by atoms with Gasteiger partial charge in [-0.15, -0.1) is 0 Å². The molecule has 74 valence electrons. The van der Waals surface area contributed by atoms with E-state index in [2.05, 4.69) is 37.3 Å². The number of benzene rings is 1. The molecule has 1 fully saturated rings. The van der Waals surface area contributed by atoms with Crippen molar-refractivity contribution in [3.63, 3.8) is 0 Å². The lowest BCUT2D eigenvalue weighted by Gasteiger charge is -2.03. The SMILES string of the molecule is CC1CCCC1=NCc1ccccc1. The Kier molecular flexibility index (Phi) is 2.97. The second-order valence-corrected chi connectivity index (χ2v) is 4.09. The number of aliphatic imine (C=N–C) groups is 1. The van der Waals surface area contributed by atoms with E-state index in [1.807, 2.05) is 0 Å². The minimum absolute atomic E-state index is 0.721. The fourth-order valence-electron chi connectivity index (χ4n) is 2.01. The summed E-state index contributed by atoms with van der Waals surface area (Å²) in [5, 5.41) is 0. The van der Waals surface area contributed by atoms with Gasteiger partial charge in [0.05, 0.1) is 6.54 Å². The third kappa shape index (κ3) is 2.22. The molecular weight excluding hydrogens is 170 g/mol. The summed E-state index contributed by atoms with van der Waals surface area (Å²) < 4.78 is 0. The molecule has 1 aromatic rings. The highest BCUT2D eigenvalue weighted by atomic mass is 14.7. The van der Waals surface area contributed by atoms with Gasteiger partial charge < -0.3 is 0 Å². The highest BCUT2D eigenvalue weighted by Crippen LogP contribution is 2.22. The largest absolute Gasteiger partial charge is 0.289 e. The number of rotatable bonds is 2. The van der Waals surface area contributed by atoms with E-state index in [1.54, 1.807) is 0 Å². The normalized spacial score (nSPS) is 24.4. The first-order chi connectivity index (χ1) is 6.86. The molecule has 1 saturated carbocycles. The van der Waals surface area contributed by atoms with E-state index in [4.69, 9.17) is 4.99 Å². The molecule has 1 heteroatoms. The molecule has 0 N–H and O–H groups in total. The van der Waals surface area contributed by atoms with Crippen molar-refractivity contribution in [2.24, 2.45) is 10.9 Å². The molecule has 0 radical (unpaired) electrons. The summed E-state index contributed by atoms with van der Waals surface area (Å²) in [4.78, 5) is 4.69. The molecule has 14 heavy (non-hydrogen) atoms. The van der Waals surface area contributed by atoms with Gasteiger partial charge >= 0.3 is 0 Å². The average Bonchev–Trinajstić information content (AvgIpc) is 2.63. The molecule has 2 rings (SSSR count). The van der Waals surface area contributed by atoms with E-state index in [1.165, 1.54) is 30.5 Å². The lowest BCUT2D eigenvalue weighted by molar-refractivity contribution is 0.726. The van der Waals surface area contributed by atoms with Crippen LogP contribution in [0.4, 0.5) is 0 Å². The lowest BCUT2D eigenvalue weighted by atomic mass is 10.1. The third-order valence-electron chi connectivity index (χ3n) is 2.95. The number of nitrogens with zero attached hydrogens (tertiary/aromatic N) is 1. The van der Waals surface area contributed by atoms with E-state index >= 15 is 0 Å². The molecule has 1 aliphatic carbocycles. The van der Waals surface area contributed by atoms with Gasteiger partial charge in [-0.25, -0.2) is 0 Å². The van der Waals surface area contributed by atoms with Gasteiger partial charge in [0.2, 0.25) is 0 Å². The van der Waals surface area contributed by atoms with E-state index < -0.39 is 0 Å². The van der Waals surface area contributed by atoms with Crippen LogP contribution in [0.3, 0.4) is 0 Å². The van der Waals surface area contributed by atoms with Gasteiger partial charge in [0, 0.05) is 5.71 Å². The second-order valence-electron chi connectivity index (χ2n) is 4.09. The van der Waals surface area contributed by atoms with Crippen LogP contribution in [0.1, 0.15) is 31.7 Å². The van der Waals surface area contributed by atoms with Crippen LogP contribution in [0.15, 0.2) is 35.3 Å². The zero-order chi connectivity index (χ0) is 9.80. The van der Waals surface area contributed by atoms with E-state index in [-0.39, 0.29) is 0 Å². The fraction of sp³-hybridized carbons (Fsp3) is 0.462. The molecule has 0 aliphatic heterocycles. The van der Waals surface area contributed by atoms with Gasteiger partial charge in [-0.1, -0.05) is 37.3 Å². The third-order valence-corrected chi connectivity index (χ3v) is 2.95.